The summed E-state index contributed by atoms with van der Waals surface area (Å²) in [4.78, 5) is 30.5. The number of carboxylic acids is 1. The van der Waals surface area contributed by atoms with E-state index in [9.17, 15) is 33.1 Å². The molecule has 2 N–H and O–H groups in total. The van der Waals surface area contributed by atoms with E-state index in [1.807, 2.05) is 12.1 Å². The van der Waals surface area contributed by atoms with E-state index >= 15 is 0 Å². The molecule has 1 aromatic heterocycles. The van der Waals surface area contributed by atoms with Crippen molar-refractivity contribution in [3.8, 4) is 5.75 Å². The number of halogens is 3. The first-order valence-electron chi connectivity index (χ1n) is 12.4. The van der Waals surface area contributed by atoms with Crippen LogP contribution >= 0.6 is 0 Å². The number of alkyl halides is 3. The number of aliphatic carboxylic acids is 1. The normalized spacial score (nSPS) is 16.1. The highest BCUT2D eigenvalue weighted by Gasteiger charge is 2.32. The van der Waals surface area contributed by atoms with E-state index in [2.05, 4.69) is 4.99 Å². The lowest BCUT2D eigenvalue weighted by atomic mass is 9.94. The summed E-state index contributed by atoms with van der Waals surface area (Å²) in [5, 5.41) is 19.1. The van der Waals surface area contributed by atoms with Crippen LogP contribution in [0.5, 0.6) is 5.75 Å². The summed E-state index contributed by atoms with van der Waals surface area (Å²) in [6.07, 6.45) is -2.50. The molecule has 4 rings (SSSR count). The van der Waals surface area contributed by atoms with Gasteiger partial charge in [0.2, 0.25) is 5.91 Å². The molecular weight excluding hydrogens is 515 g/mol. The molecule has 39 heavy (non-hydrogen) atoms. The van der Waals surface area contributed by atoms with Crippen molar-refractivity contribution < 1.29 is 37.8 Å². The third kappa shape index (κ3) is 7.40. The Morgan fingerprint density at radius 2 is 1.85 bits per heavy atom. The van der Waals surface area contributed by atoms with Crippen LogP contribution in [0.2, 0.25) is 0 Å². The molecular formula is C28H28F3N3O5. The van der Waals surface area contributed by atoms with Gasteiger partial charge in [-0.3, -0.25) is 14.6 Å². The molecule has 0 fully saturated rings. The second kappa shape index (κ2) is 12.1. The van der Waals surface area contributed by atoms with Crippen molar-refractivity contribution in [2.75, 3.05) is 13.2 Å². The summed E-state index contributed by atoms with van der Waals surface area (Å²) in [7, 11) is 0. The van der Waals surface area contributed by atoms with Gasteiger partial charge in [-0.15, -0.1) is 0 Å². The molecule has 1 aliphatic rings. The Hall–Kier alpha value is -4.28. The standard InChI is InChI=1S/C28H28F3N3O5/c29-28(30,31)23-8-5-19(6-9-23)17-33-18-22-15-24(10-7-20(22)14-21(27(33)37)16-26(35)36)39-13-3-11-32-25-4-1-2-12-34(25)38/h1-2,4-10,12,15,21,38H,3,11,13-14,16-18H2,(H,35,36). The molecule has 0 bridgehead atoms. The zero-order chi connectivity index (χ0) is 28.0. The van der Waals surface area contributed by atoms with Gasteiger partial charge in [0.05, 0.1) is 24.5 Å². The lowest BCUT2D eigenvalue weighted by Crippen LogP contribution is -2.35. The first-order valence-corrected chi connectivity index (χ1v) is 12.4. The number of benzene rings is 2. The minimum atomic E-state index is -4.46. The molecule has 1 atom stereocenters. The number of amides is 1. The summed E-state index contributed by atoms with van der Waals surface area (Å²) >= 11 is 0. The van der Waals surface area contributed by atoms with E-state index < -0.39 is 23.6 Å². The second-order valence-corrected chi connectivity index (χ2v) is 9.31. The summed E-state index contributed by atoms with van der Waals surface area (Å²) < 4.78 is 45.6. The fraction of sp³-hybridized carbons (Fsp3) is 0.321. The minimum absolute atomic E-state index is 0.0451. The van der Waals surface area contributed by atoms with Crippen LogP contribution in [0.25, 0.3) is 0 Å². The fourth-order valence-corrected chi connectivity index (χ4v) is 4.46. The third-order valence-electron chi connectivity index (χ3n) is 6.41. The van der Waals surface area contributed by atoms with Gasteiger partial charge in [0, 0.05) is 32.3 Å². The number of nitrogens with zero attached hydrogens (tertiary/aromatic N) is 3. The number of hydrogen-bond acceptors (Lipinski definition) is 5. The first-order chi connectivity index (χ1) is 18.6. The number of fused-ring (bicyclic) bond motifs is 1. The largest absolute Gasteiger partial charge is 0.494 e. The van der Waals surface area contributed by atoms with Crippen molar-refractivity contribution >= 4 is 11.9 Å². The highest BCUT2D eigenvalue weighted by Crippen LogP contribution is 2.31. The lowest BCUT2D eigenvalue weighted by molar-refractivity contribution is -0.144. The maximum absolute atomic E-state index is 13.3. The van der Waals surface area contributed by atoms with Crippen LogP contribution in [0.3, 0.4) is 0 Å². The number of carboxylic acid groups (broad SMARTS) is 1. The van der Waals surface area contributed by atoms with Gasteiger partial charge in [-0.25, -0.2) is 0 Å². The predicted octanol–water partition coefficient (Wildman–Crippen LogP) is 4.29. The van der Waals surface area contributed by atoms with Gasteiger partial charge in [0.1, 0.15) is 5.75 Å². The van der Waals surface area contributed by atoms with Crippen molar-refractivity contribution in [3.63, 3.8) is 0 Å². The molecule has 0 radical (unpaired) electrons. The fourth-order valence-electron chi connectivity index (χ4n) is 4.46. The van der Waals surface area contributed by atoms with Gasteiger partial charge >= 0.3 is 12.1 Å². The Bertz CT molecular complexity index is 1390. The maximum atomic E-state index is 13.3. The highest BCUT2D eigenvalue weighted by molar-refractivity contribution is 5.84. The van der Waals surface area contributed by atoms with Crippen LogP contribution < -0.4 is 10.2 Å². The molecule has 0 saturated carbocycles. The summed E-state index contributed by atoms with van der Waals surface area (Å²) in [5.41, 5.74) is 1.76. The maximum Gasteiger partial charge on any atom is 0.416 e. The molecule has 0 spiro atoms. The van der Waals surface area contributed by atoms with Crippen molar-refractivity contribution in [2.24, 2.45) is 10.9 Å². The van der Waals surface area contributed by atoms with Crippen LogP contribution in [0.15, 0.2) is 71.9 Å². The molecule has 3 aromatic rings. The molecule has 1 unspecified atom stereocenters. The Labute approximate surface area is 222 Å². The van der Waals surface area contributed by atoms with E-state index in [1.54, 1.807) is 24.3 Å². The van der Waals surface area contributed by atoms with Crippen LogP contribution in [0.4, 0.5) is 13.2 Å². The monoisotopic (exact) mass is 543 g/mol. The number of carbonyl (C=O) groups is 2. The quantitative estimate of drug-likeness (QED) is 0.310. The van der Waals surface area contributed by atoms with Gasteiger partial charge in [0.25, 0.3) is 0 Å². The molecule has 2 heterocycles. The minimum Gasteiger partial charge on any atom is -0.494 e. The molecule has 0 saturated heterocycles. The van der Waals surface area contributed by atoms with E-state index in [4.69, 9.17) is 4.74 Å². The van der Waals surface area contributed by atoms with Gasteiger partial charge in [0.15, 0.2) is 5.49 Å². The Balaban J connectivity index is 1.47. The Morgan fingerprint density at radius 3 is 2.54 bits per heavy atom. The number of pyridine rings is 1. The zero-order valence-electron chi connectivity index (χ0n) is 21.0. The van der Waals surface area contributed by atoms with Gasteiger partial charge in [-0.05, 0) is 59.5 Å². The summed E-state index contributed by atoms with van der Waals surface area (Å²) in [6, 6.07) is 15.1. The Morgan fingerprint density at radius 1 is 1.08 bits per heavy atom. The molecule has 11 heteroatoms. The van der Waals surface area contributed by atoms with E-state index in [0.717, 1.165) is 28.0 Å². The first kappa shape index (κ1) is 27.7. The number of rotatable bonds is 9. The van der Waals surface area contributed by atoms with Crippen molar-refractivity contribution in [3.05, 3.63) is 94.6 Å². The molecule has 1 amide bonds. The van der Waals surface area contributed by atoms with E-state index in [0.29, 0.717) is 36.4 Å². The molecule has 1 aliphatic heterocycles. The third-order valence-corrected chi connectivity index (χ3v) is 6.41. The topological polar surface area (TPSA) is 104 Å². The van der Waals surface area contributed by atoms with Crippen molar-refractivity contribution in [2.45, 2.75) is 38.5 Å². The van der Waals surface area contributed by atoms with Crippen LogP contribution in [0.1, 0.15) is 35.1 Å². The molecule has 2 aromatic carbocycles. The van der Waals surface area contributed by atoms with E-state index in [1.165, 1.54) is 23.2 Å². The zero-order valence-corrected chi connectivity index (χ0v) is 21.0. The SMILES string of the molecule is O=C(O)CC1Cc2ccc(OCCCN=c3ccccn3O)cc2CN(Cc2ccc(C(F)(F)F)cc2)C1=O. The molecule has 0 aliphatic carbocycles. The average Bonchev–Trinajstić information content (AvgIpc) is 3.00. The highest BCUT2D eigenvalue weighted by atomic mass is 19.4. The second-order valence-electron chi connectivity index (χ2n) is 9.31. The van der Waals surface area contributed by atoms with Gasteiger partial charge in [-0.2, -0.15) is 17.9 Å². The molecule has 8 nitrogen and oxygen atoms in total. The summed E-state index contributed by atoms with van der Waals surface area (Å²) in [5.74, 6) is -1.68. The number of hydrogen-bond donors (Lipinski definition) is 2. The molecule has 206 valence electrons. The summed E-state index contributed by atoms with van der Waals surface area (Å²) in [6.45, 7) is 1.00. The number of ether oxygens (including phenoxy) is 1. The van der Waals surface area contributed by atoms with Gasteiger partial charge < -0.3 is 20.0 Å². The van der Waals surface area contributed by atoms with E-state index in [-0.39, 0.29) is 31.8 Å². The lowest BCUT2D eigenvalue weighted by Gasteiger charge is -2.24. The van der Waals surface area contributed by atoms with Crippen molar-refractivity contribution in [1.82, 2.24) is 9.63 Å². The van der Waals surface area contributed by atoms with Crippen LogP contribution in [0, 0.1) is 5.92 Å². The Kier molecular flexibility index (Phi) is 8.58. The van der Waals surface area contributed by atoms with Crippen molar-refractivity contribution in [1.29, 1.82) is 0 Å². The predicted molar refractivity (Wildman–Crippen MR) is 134 cm³/mol. The smallest absolute Gasteiger partial charge is 0.416 e. The number of aromatic nitrogens is 1. The van der Waals surface area contributed by atoms with Crippen LogP contribution in [-0.4, -0.2) is 45.0 Å². The van der Waals surface area contributed by atoms with Gasteiger partial charge in [-0.1, -0.05) is 24.3 Å². The van der Waals surface area contributed by atoms with Crippen LogP contribution in [-0.2, 0) is 35.3 Å². The average molecular weight is 544 g/mol. The number of carbonyl (C=O) groups excluding carboxylic acids is 1.